The van der Waals surface area contributed by atoms with Gasteiger partial charge in [-0.2, -0.15) is 0 Å². The Morgan fingerprint density at radius 1 is 0.810 bits per heavy atom. The van der Waals surface area contributed by atoms with Gasteiger partial charge >= 0.3 is 77.4 Å². The molecule has 0 saturated carbocycles. The molecule has 0 rings (SSSR count). The molecule has 0 aromatic heterocycles. The van der Waals surface area contributed by atoms with Crippen LogP contribution in [0.3, 0.4) is 0 Å². The Morgan fingerprint density at radius 2 is 1.29 bits per heavy atom. The van der Waals surface area contributed by atoms with Crippen LogP contribution in [0.2, 0.25) is 8.87 Å². The molecule has 0 amide bonds. The van der Waals surface area contributed by atoms with Gasteiger partial charge in [0, 0.05) is 0 Å². The molecule has 21 heavy (non-hydrogen) atoms. The van der Waals surface area contributed by atoms with E-state index in [1.54, 1.807) is 8.87 Å². The van der Waals surface area contributed by atoms with Crippen LogP contribution in [0.15, 0.2) is 0 Å². The Kier molecular flexibility index (Phi) is 21.8. The minimum atomic E-state index is -4.22. The van der Waals surface area contributed by atoms with Gasteiger partial charge in [0.05, 0.1) is 6.61 Å². The predicted molar refractivity (Wildman–Crippen MR) is 91.9 cm³/mol. The van der Waals surface area contributed by atoms with E-state index < -0.39 is 7.82 Å². The monoisotopic (exact) mass is 430 g/mol. The van der Waals surface area contributed by atoms with Crippen LogP contribution in [0, 0.1) is 0 Å². The van der Waals surface area contributed by atoms with E-state index in [-0.39, 0.29) is 27.7 Å². The number of rotatable bonds is 13. The van der Waals surface area contributed by atoms with Gasteiger partial charge in [-0.3, -0.25) is 4.52 Å². The Morgan fingerprint density at radius 3 is 1.71 bits per heavy atom. The van der Waals surface area contributed by atoms with Gasteiger partial charge in [-0.1, -0.05) is 32.6 Å². The molecule has 0 unspecified atom stereocenters. The van der Waals surface area contributed by atoms with Crippen molar-refractivity contribution in [3.8, 4) is 0 Å². The summed E-state index contributed by atoms with van der Waals surface area (Å²) in [6.45, 7) is 6.86. The molecule has 0 saturated heterocycles. The van der Waals surface area contributed by atoms with Gasteiger partial charge in [-0.25, -0.2) is 4.57 Å². The summed E-state index contributed by atoms with van der Waals surface area (Å²) in [4.78, 5) is 16.6. The van der Waals surface area contributed by atoms with Crippen molar-refractivity contribution in [3.05, 3.63) is 0 Å². The average molecular weight is 429 g/mol. The van der Waals surface area contributed by atoms with Crippen LogP contribution in [0.4, 0.5) is 0 Å². The van der Waals surface area contributed by atoms with Crippen LogP contribution < -0.4 is 0 Å². The first-order valence-corrected chi connectivity index (χ1v) is 13.9. The summed E-state index contributed by atoms with van der Waals surface area (Å²) in [6, 6.07) is 0. The Hall–Kier alpha value is 0.909. The van der Waals surface area contributed by atoms with Gasteiger partial charge in [-0.05, 0) is 6.42 Å². The zero-order valence-electron chi connectivity index (χ0n) is 14.1. The van der Waals surface area contributed by atoms with E-state index in [2.05, 4.69) is 25.3 Å². The second kappa shape index (κ2) is 19.0. The molecule has 0 spiro atoms. The number of hydrogen-bond donors (Lipinski definition) is 2. The Balaban J connectivity index is 0. The molecule has 0 aliphatic rings. The van der Waals surface area contributed by atoms with E-state index in [9.17, 15) is 4.57 Å². The fraction of sp³-hybridized carbons (Fsp3) is 1.00. The predicted octanol–water partition coefficient (Wildman–Crippen LogP) is 5.19. The third-order valence-corrected chi connectivity index (χ3v) is 7.48. The van der Waals surface area contributed by atoms with Crippen LogP contribution in [0.1, 0.15) is 78.6 Å². The zero-order chi connectivity index (χ0) is 16.4. The van der Waals surface area contributed by atoms with Crippen molar-refractivity contribution >= 4 is 29.0 Å². The SMILES string of the molecule is CCCCCCCOP(=O)(O)O.CCC[CH2][Sn][CH2]CCC. The maximum atomic E-state index is 10.2. The van der Waals surface area contributed by atoms with Crippen molar-refractivity contribution in [2.75, 3.05) is 6.61 Å². The molecule has 6 heteroatoms. The number of phosphoric ester groups is 1. The first kappa shape index (κ1) is 24.2. The van der Waals surface area contributed by atoms with Gasteiger partial charge in [0.15, 0.2) is 0 Å². The summed E-state index contributed by atoms with van der Waals surface area (Å²) >= 11 is 0.149. The minimum absolute atomic E-state index is 0.149. The summed E-state index contributed by atoms with van der Waals surface area (Å²) in [6.07, 6.45) is 11.0. The van der Waals surface area contributed by atoms with E-state index >= 15 is 0 Å². The molecule has 0 heterocycles. The topological polar surface area (TPSA) is 66.8 Å². The van der Waals surface area contributed by atoms with Gasteiger partial charge in [0.1, 0.15) is 0 Å². The third-order valence-electron chi connectivity index (χ3n) is 2.92. The quantitative estimate of drug-likeness (QED) is 0.240. The average Bonchev–Trinajstić information content (AvgIpc) is 2.42. The van der Waals surface area contributed by atoms with Crippen molar-refractivity contribution in [2.24, 2.45) is 0 Å². The van der Waals surface area contributed by atoms with Crippen LogP contribution >= 0.6 is 7.82 Å². The van der Waals surface area contributed by atoms with Crippen LogP contribution in [0.25, 0.3) is 0 Å². The summed E-state index contributed by atoms with van der Waals surface area (Å²) in [5, 5.41) is 0. The fourth-order valence-electron chi connectivity index (χ4n) is 1.62. The van der Waals surface area contributed by atoms with Crippen molar-refractivity contribution in [2.45, 2.75) is 87.4 Å². The van der Waals surface area contributed by atoms with Crippen LogP contribution in [-0.2, 0) is 9.09 Å². The van der Waals surface area contributed by atoms with Crippen molar-refractivity contribution in [1.29, 1.82) is 0 Å². The maximum absolute atomic E-state index is 10.2. The van der Waals surface area contributed by atoms with Crippen LogP contribution in [-0.4, -0.2) is 37.5 Å². The molecule has 0 fully saturated rings. The van der Waals surface area contributed by atoms with Gasteiger partial charge in [0.2, 0.25) is 0 Å². The molecule has 0 atom stereocenters. The standard InChI is InChI=1S/C7H17O4P.2C4H9.Sn/c1-2-3-4-5-6-7-11-12(8,9)10;2*1-3-4-2;/h2-7H2,1H3,(H2,8,9,10);2*1,3-4H2,2H3;. The molecule has 0 aliphatic heterocycles. The second-order valence-electron chi connectivity index (χ2n) is 5.20. The molecule has 4 nitrogen and oxygen atoms in total. The second-order valence-corrected chi connectivity index (χ2v) is 10.7. The van der Waals surface area contributed by atoms with Gasteiger partial charge in [-0.15, -0.1) is 0 Å². The molecule has 0 bridgehead atoms. The van der Waals surface area contributed by atoms with Crippen molar-refractivity contribution < 1.29 is 18.9 Å². The number of unbranched alkanes of at least 4 members (excludes halogenated alkanes) is 6. The molecule has 0 aromatic rings. The zero-order valence-corrected chi connectivity index (χ0v) is 17.9. The molecule has 2 N–H and O–H groups in total. The van der Waals surface area contributed by atoms with Gasteiger partial charge in [0.25, 0.3) is 0 Å². The number of phosphoric acid groups is 1. The Bertz CT molecular complexity index is 228. The Labute approximate surface area is 141 Å². The summed E-state index contributed by atoms with van der Waals surface area (Å²) in [5.74, 6) is 0. The van der Waals surface area contributed by atoms with E-state index in [0.29, 0.717) is 0 Å². The molecular formula is C15H35O4PSn. The molecule has 0 aliphatic carbocycles. The van der Waals surface area contributed by atoms with E-state index in [0.717, 1.165) is 19.3 Å². The van der Waals surface area contributed by atoms with E-state index in [1.165, 1.54) is 38.5 Å². The van der Waals surface area contributed by atoms with Crippen molar-refractivity contribution in [1.82, 2.24) is 0 Å². The molecular weight excluding hydrogens is 394 g/mol. The molecule has 128 valence electrons. The van der Waals surface area contributed by atoms with Gasteiger partial charge < -0.3 is 9.79 Å². The summed E-state index contributed by atoms with van der Waals surface area (Å²) < 4.78 is 17.7. The normalized spacial score (nSPS) is 11.1. The molecule has 0 aromatic carbocycles. The van der Waals surface area contributed by atoms with E-state index in [1.807, 2.05) is 0 Å². The summed E-state index contributed by atoms with van der Waals surface area (Å²) in [7, 11) is -4.22. The number of hydrogen-bond acceptors (Lipinski definition) is 2. The first-order valence-electron chi connectivity index (χ1n) is 8.38. The molecule has 2 radical (unpaired) electrons. The van der Waals surface area contributed by atoms with Crippen LogP contribution in [0.5, 0.6) is 0 Å². The first-order chi connectivity index (χ1) is 9.97. The summed E-state index contributed by atoms with van der Waals surface area (Å²) in [5.41, 5.74) is 0. The van der Waals surface area contributed by atoms with E-state index in [4.69, 9.17) is 9.79 Å². The fourth-order valence-corrected chi connectivity index (χ4v) is 6.14. The van der Waals surface area contributed by atoms with Crippen molar-refractivity contribution in [3.63, 3.8) is 0 Å². The third kappa shape index (κ3) is 29.5.